The summed E-state index contributed by atoms with van der Waals surface area (Å²) < 4.78 is 21.2. The van der Waals surface area contributed by atoms with Crippen molar-refractivity contribution in [2.45, 2.75) is 46.8 Å². The second kappa shape index (κ2) is 11.9. The smallest absolute Gasteiger partial charge is 0.262 e. The molecule has 1 aromatic carbocycles. The third-order valence-corrected chi connectivity index (χ3v) is 6.16. The van der Waals surface area contributed by atoms with E-state index in [1.807, 2.05) is 0 Å². The van der Waals surface area contributed by atoms with Crippen molar-refractivity contribution in [1.29, 1.82) is 0 Å². The summed E-state index contributed by atoms with van der Waals surface area (Å²) in [7, 11) is 0. The van der Waals surface area contributed by atoms with Crippen LogP contribution in [-0.4, -0.2) is 21.1 Å². The van der Waals surface area contributed by atoms with Crippen molar-refractivity contribution in [2.24, 2.45) is 0 Å². The second-order valence-electron chi connectivity index (χ2n) is 9.17. The van der Waals surface area contributed by atoms with Crippen molar-refractivity contribution in [1.82, 2.24) is 9.55 Å². The molecule has 0 unspecified atom stereocenters. The molecule has 0 spiro atoms. The van der Waals surface area contributed by atoms with E-state index in [2.05, 4.69) is 4.98 Å². The zero-order chi connectivity index (χ0) is 28.2. The number of ether oxygens (including phenoxy) is 1. The predicted molar refractivity (Wildman–Crippen MR) is 147 cm³/mol. The Morgan fingerprint density at radius 2 is 1.97 bits per heavy atom. The highest BCUT2D eigenvalue weighted by Gasteiger charge is 2.22. The van der Waals surface area contributed by atoms with Crippen LogP contribution in [0.1, 0.15) is 44.4 Å². The van der Waals surface area contributed by atoms with E-state index in [0.29, 0.717) is 28.4 Å². The number of pyridine rings is 2. The number of carbonyl (C=O) groups is 1. The molecule has 0 fully saturated rings. The quantitative estimate of drug-likeness (QED) is 0.194. The summed E-state index contributed by atoms with van der Waals surface area (Å²) in [6.45, 7) is 8.01. The van der Waals surface area contributed by atoms with E-state index in [1.165, 1.54) is 41.6 Å². The van der Waals surface area contributed by atoms with Crippen molar-refractivity contribution in [2.75, 3.05) is 4.90 Å². The van der Waals surface area contributed by atoms with Gasteiger partial charge in [-0.1, -0.05) is 29.3 Å². The SMILES string of the molecule is C/C(=C/C(OCc1ccc(Cl)cc1F)=C(\C)Cl)N(C=O)c1cc(-n2cccc(C(C)(C)O)c2=O)ncc1C. The molecule has 1 N–H and O–H groups in total. The zero-order valence-electron chi connectivity index (χ0n) is 21.6. The normalized spacial score (nSPS) is 12.7. The first-order valence-corrected chi connectivity index (χ1v) is 12.4. The minimum atomic E-state index is -1.35. The molecule has 3 aromatic rings. The maximum atomic E-state index is 14.2. The molecule has 0 aliphatic heterocycles. The lowest BCUT2D eigenvalue weighted by Gasteiger charge is -2.22. The number of rotatable bonds is 9. The topological polar surface area (TPSA) is 84.7 Å². The maximum absolute atomic E-state index is 14.2. The Bertz CT molecular complexity index is 1470. The molecule has 0 aliphatic rings. The van der Waals surface area contributed by atoms with E-state index in [9.17, 15) is 19.1 Å². The van der Waals surface area contributed by atoms with Gasteiger partial charge in [-0.2, -0.15) is 0 Å². The van der Waals surface area contributed by atoms with Crippen LogP contribution in [0.3, 0.4) is 0 Å². The summed E-state index contributed by atoms with van der Waals surface area (Å²) in [6, 6.07) is 9.05. The monoisotopic (exact) mass is 559 g/mol. The van der Waals surface area contributed by atoms with Crippen LogP contribution in [0.4, 0.5) is 10.1 Å². The number of hydrogen-bond acceptors (Lipinski definition) is 5. The number of hydrogen-bond donors (Lipinski definition) is 1. The van der Waals surface area contributed by atoms with Crippen molar-refractivity contribution < 1.29 is 19.0 Å². The maximum Gasteiger partial charge on any atom is 0.262 e. The van der Waals surface area contributed by atoms with Gasteiger partial charge < -0.3 is 9.84 Å². The standard InChI is InChI=1S/C28H28Cl2FN3O4/c1-17-14-32-26(33-10-6-7-22(27(33)36)28(4,5)37)13-24(17)34(16-35)18(2)11-25(19(3)29)38-15-20-8-9-21(30)12-23(20)31/h6-14,16,37H,15H2,1-5H3/b18-11-,25-19-. The average molecular weight is 560 g/mol. The molecule has 0 aliphatic carbocycles. The van der Waals surface area contributed by atoms with Crippen LogP contribution >= 0.6 is 23.2 Å². The minimum Gasteiger partial charge on any atom is -0.488 e. The van der Waals surface area contributed by atoms with E-state index in [0.717, 1.165) is 0 Å². The molecule has 0 atom stereocenters. The molecule has 2 aromatic heterocycles. The Morgan fingerprint density at radius 1 is 1.26 bits per heavy atom. The number of benzene rings is 1. The van der Waals surface area contributed by atoms with E-state index in [-0.39, 0.29) is 34.3 Å². The first-order valence-electron chi connectivity index (χ1n) is 11.6. The van der Waals surface area contributed by atoms with Crippen LogP contribution in [0.15, 0.2) is 76.2 Å². The zero-order valence-corrected chi connectivity index (χ0v) is 23.1. The lowest BCUT2D eigenvalue weighted by Crippen LogP contribution is -2.31. The van der Waals surface area contributed by atoms with Crippen molar-refractivity contribution in [3.05, 3.63) is 109 Å². The molecular weight excluding hydrogens is 532 g/mol. The Balaban J connectivity index is 1.97. The first-order chi connectivity index (χ1) is 17.8. The summed E-state index contributed by atoms with van der Waals surface area (Å²) in [5, 5.41) is 10.9. The molecule has 2 heterocycles. The van der Waals surface area contributed by atoms with Crippen molar-refractivity contribution >= 4 is 35.3 Å². The summed E-state index contributed by atoms with van der Waals surface area (Å²) in [4.78, 5) is 31.0. The Kier molecular flexibility index (Phi) is 9.14. The highest BCUT2D eigenvalue weighted by Crippen LogP contribution is 2.26. The third-order valence-electron chi connectivity index (χ3n) is 5.74. The highest BCUT2D eigenvalue weighted by molar-refractivity contribution is 6.30. The largest absolute Gasteiger partial charge is 0.488 e. The third kappa shape index (κ3) is 6.69. The van der Waals surface area contributed by atoms with E-state index >= 15 is 0 Å². The van der Waals surface area contributed by atoms with Crippen LogP contribution < -0.4 is 10.5 Å². The Labute approximate surface area is 230 Å². The lowest BCUT2D eigenvalue weighted by molar-refractivity contribution is -0.107. The molecule has 10 heteroatoms. The molecule has 38 heavy (non-hydrogen) atoms. The van der Waals surface area contributed by atoms with E-state index < -0.39 is 17.0 Å². The molecule has 0 saturated carbocycles. The minimum absolute atomic E-state index is 0.105. The fourth-order valence-electron chi connectivity index (χ4n) is 3.66. The van der Waals surface area contributed by atoms with Gasteiger partial charge in [0.05, 0.1) is 16.3 Å². The van der Waals surface area contributed by atoms with Gasteiger partial charge >= 0.3 is 0 Å². The number of halogens is 3. The summed E-state index contributed by atoms with van der Waals surface area (Å²) in [6.07, 6.45) is 5.26. The van der Waals surface area contributed by atoms with Crippen LogP contribution in [-0.2, 0) is 21.7 Å². The molecule has 200 valence electrons. The van der Waals surface area contributed by atoms with E-state index in [1.54, 1.807) is 57.3 Å². The molecule has 7 nitrogen and oxygen atoms in total. The number of anilines is 1. The van der Waals surface area contributed by atoms with Crippen LogP contribution in [0.2, 0.25) is 5.02 Å². The van der Waals surface area contributed by atoms with E-state index in [4.69, 9.17) is 27.9 Å². The number of aryl methyl sites for hydroxylation is 1. The molecule has 3 rings (SSSR count). The van der Waals surface area contributed by atoms with Gasteiger partial charge in [-0.25, -0.2) is 9.37 Å². The second-order valence-corrected chi connectivity index (χ2v) is 10.2. The van der Waals surface area contributed by atoms with Gasteiger partial charge in [0.1, 0.15) is 24.0 Å². The summed E-state index contributed by atoms with van der Waals surface area (Å²) in [5.74, 6) is -0.00497. The van der Waals surface area contributed by atoms with Gasteiger partial charge in [0, 0.05) is 46.4 Å². The number of amides is 1. The van der Waals surface area contributed by atoms with Gasteiger partial charge in [0.15, 0.2) is 0 Å². The molecule has 0 radical (unpaired) electrons. The summed E-state index contributed by atoms with van der Waals surface area (Å²) >= 11 is 12.1. The van der Waals surface area contributed by atoms with Gasteiger partial charge in [-0.3, -0.25) is 19.1 Å². The number of nitrogens with zero attached hydrogens (tertiary/aromatic N) is 3. The van der Waals surface area contributed by atoms with Gasteiger partial charge in [-0.05, 0) is 64.4 Å². The number of aliphatic hydroxyl groups is 1. The molecule has 0 bridgehead atoms. The Hall–Kier alpha value is -3.46. The lowest BCUT2D eigenvalue weighted by atomic mass is 10.0. The van der Waals surface area contributed by atoms with Crippen LogP contribution in [0.5, 0.6) is 0 Å². The Morgan fingerprint density at radius 3 is 2.58 bits per heavy atom. The number of allylic oxidation sites excluding steroid dienone is 3. The highest BCUT2D eigenvalue weighted by atomic mass is 35.5. The van der Waals surface area contributed by atoms with Crippen LogP contribution in [0, 0.1) is 12.7 Å². The molecular formula is C28H28Cl2FN3O4. The van der Waals surface area contributed by atoms with Crippen LogP contribution in [0.25, 0.3) is 5.82 Å². The van der Waals surface area contributed by atoms with Gasteiger partial charge in [-0.15, -0.1) is 0 Å². The van der Waals surface area contributed by atoms with Crippen molar-refractivity contribution in [3.63, 3.8) is 0 Å². The number of carbonyl (C=O) groups excluding carboxylic acids is 1. The fourth-order valence-corrected chi connectivity index (χ4v) is 3.93. The summed E-state index contributed by atoms with van der Waals surface area (Å²) in [5.41, 5.74) is 0.291. The molecule has 0 saturated heterocycles. The average Bonchev–Trinajstić information content (AvgIpc) is 2.83. The fraction of sp³-hybridized carbons (Fsp3) is 0.250. The van der Waals surface area contributed by atoms with Crippen molar-refractivity contribution in [3.8, 4) is 5.82 Å². The predicted octanol–water partition coefficient (Wildman–Crippen LogP) is 6.11. The number of aromatic nitrogens is 2. The molecule has 1 amide bonds. The van der Waals surface area contributed by atoms with Gasteiger partial charge in [0.25, 0.3) is 5.56 Å². The first kappa shape index (κ1) is 29.1. The van der Waals surface area contributed by atoms with Gasteiger partial charge in [0.2, 0.25) is 6.41 Å².